The molecule has 0 aliphatic carbocycles. The molecule has 2 rings (SSSR count). The van der Waals surface area contributed by atoms with E-state index >= 15 is 0 Å². The van der Waals surface area contributed by atoms with Crippen molar-refractivity contribution in [1.82, 2.24) is 5.32 Å². The van der Waals surface area contributed by atoms with Gasteiger partial charge in [-0.3, -0.25) is 0 Å². The third kappa shape index (κ3) is 3.11. The van der Waals surface area contributed by atoms with Crippen molar-refractivity contribution in [2.75, 3.05) is 6.61 Å². The maximum absolute atomic E-state index is 11.3. The Kier molecular flexibility index (Phi) is 4.92. The maximum Gasteiger partial charge on any atom is 0.407 e. The first-order chi connectivity index (χ1) is 7.90. The van der Waals surface area contributed by atoms with Crippen LogP contribution in [0.4, 0.5) is 4.79 Å². The third-order valence-corrected chi connectivity index (χ3v) is 3.71. The summed E-state index contributed by atoms with van der Waals surface area (Å²) in [4.78, 5) is 11.3. The van der Waals surface area contributed by atoms with Crippen LogP contribution in [0.1, 0.15) is 25.5 Å². The lowest BCUT2D eigenvalue weighted by Gasteiger charge is -2.38. The van der Waals surface area contributed by atoms with Gasteiger partial charge in [0.05, 0.1) is 6.04 Å². The standard InChI is InChI=1S/C12H13BrClNO2.ClH/c1-12(2)6-17-11(16)15-10(12)8-4-3-7(13)5-9(8)14;/h3-5,10H,6H2,1-2H3,(H,15,16);1H/t10-;/m1./s1. The molecule has 1 atom stereocenters. The summed E-state index contributed by atoms with van der Waals surface area (Å²) in [6.07, 6.45) is -0.395. The number of cyclic esters (lactones) is 1. The average molecular weight is 355 g/mol. The lowest BCUT2D eigenvalue weighted by atomic mass is 9.80. The maximum atomic E-state index is 11.3. The van der Waals surface area contributed by atoms with E-state index in [0.717, 1.165) is 10.0 Å². The first-order valence-electron chi connectivity index (χ1n) is 5.28. The van der Waals surface area contributed by atoms with Crippen molar-refractivity contribution in [2.24, 2.45) is 5.41 Å². The number of alkyl carbamates (subject to hydrolysis) is 1. The predicted octanol–water partition coefficient (Wildman–Crippen LogP) is 4.33. The van der Waals surface area contributed by atoms with Gasteiger partial charge < -0.3 is 10.1 Å². The van der Waals surface area contributed by atoms with Crippen molar-refractivity contribution in [3.8, 4) is 0 Å². The van der Waals surface area contributed by atoms with Crippen LogP contribution in [-0.2, 0) is 4.74 Å². The van der Waals surface area contributed by atoms with Crippen LogP contribution < -0.4 is 5.32 Å². The van der Waals surface area contributed by atoms with Gasteiger partial charge in [0.2, 0.25) is 0 Å². The van der Waals surface area contributed by atoms with Crippen LogP contribution >= 0.6 is 39.9 Å². The van der Waals surface area contributed by atoms with Gasteiger partial charge in [0, 0.05) is 14.9 Å². The molecule has 1 aromatic rings. The lowest BCUT2D eigenvalue weighted by Crippen LogP contribution is -2.47. The Morgan fingerprint density at radius 1 is 1.50 bits per heavy atom. The van der Waals surface area contributed by atoms with Gasteiger partial charge >= 0.3 is 6.09 Å². The van der Waals surface area contributed by atoms with Gasteiger partial charge in [-0.25, -0.2) is 4.79 Å². The normalized spacial score (nSPS) is 21.6. The summed E-state index contributed by atoms with van der Waals surface area (Å²) in [5.74, 6) is 0. The number of hydrogen-bond donors (Lipinski definition) is 1. The van der Waals surface area contributed by atoms with E-state index in [0.29, 0.717) is 11.6 Å². The Morgan fingerprint density at radius 3 is 2.78 bits per heavy atom. The van der Waals surface area contributed by atoms with Gasteiger partial charge in [0.15, 0.2) is 0 Å². The van der Waals surface area contributed by atoms with Gasteiger partial charge in [0.1, 0.15) is 6.61 Å². The zero-order valence-corrected chi connectivity index (χ0v) is 13.2. The zero-order valence-electron chi connectivity index (χ0n) is 10.00. The van der Waals surface area contributed by atoms with Crippen molar-refractivity contribution in [1.29, 1.82) is 0 Å². The van der Waals surface area contributed by atoms with E-state index in [4.69, 9.17) is 16.3 Å². The van der Waals surface area contributed by atoms with Gasteiger partial charge in [-0.15, -0.1) is 12.4 Å². The largest absolute Gasteiger partial charge is 0.449 e. The van der Waals surface area contributed by atoms with E-state index in [-0.39, 0.29) is 23.9 Å². The van der Waals surface area contributed by atoms with Crippen molar-refractivity contribution in [2.45, 2.75) is 19.9 Å². The minimum Gasteiger partial charge on any atom is -0.449 e. The fourth-order valence-electron chi connectivity index (χ4n) is 1.92. The Balaban J connectivity index is 0.00000162. The molecule has 1 heterocycles. The summed E-state index contributed by atoms with van der Waals surface area (Å²) in [5.41, 5.74) is 0.724. The van der Waals surface area contributed by atoms with Crippen molar-refractivity contribution in [3.63, 3.8) is 0 Å². The number of halogens is 3. The predicted molar refractivity (Wildman–Crippen MR) is 77.4 cm³/mol. The van der Waals surface area contributed by atoms with Gasteiger partial charge in [-0.2, -0.15) is 0 Å². The summed E-state index contributed by atoms with van der Waals surface area (Å²) in [7, 11) is 0. The Hall–Kier alpha value is -0.450. The Morgan fingerprint density at radius 2 is 2.17 bits per heavy atom. The lowest BCUT2D eigenvalue weighted by molar-refractivity contribution is 0.0387. The van der Waals surface area contributed by atoms with Crippen molar-refractivity contribution in [3.05, 3.63) is 33.3 Å². The molecule has 1 aliphatic heterocycles. The van der Waals surface area contributed by atoms with Crippen LogP contribution in [0.15, 0.2) is 22.7 Å². The number of amides is 1. The van der Waals surface area contributed by atoms with Crippen LogP contribution in [0, 0.1) is 5.41 Å². The minimum absolute atomic E-state index is 0. The van der Waals surface area contributed by atoms with Crippen LogP contribution in [0.2, 0.25) is 5.02 Å². The molecule has 3 nitrogen and oxygen atoms in total. The van der Waals surface area contributed by atoms with Crippen LogP contribution in [0.5, 0.6) is 0 Å². The molecule has 18 heavy (non-hydrogen) atoms. The molecule has 0 radical (unpaired) electrons. The molecule has 0 bridgehead atoms. The average Bonchev–Trinajstić information content (AvgIpc) is 2.23. The number of hydrogen-bond acceptors (Lipinski definition) is 2. The van der Waals surface area contributed by atoms with Gasteiger partial charge in [-0.05, 0) is 17.7 Å². The number of carbonyl (C=O) groups excluding carboxylic acids is 1. The fraction of sp³-hybridized carbons (Fsp3) is 0.417. The topological polar surface area (TPSA) is 38.3 Å². The summed E-state index contributed by atoms with van der Waals surface area (Å²) >= 11 is 9.58. The first-order valence-corrected chi connectivity index (χ1v) is 6.45. The smallest absolute Gasteiger partial charge is 0.407 e. The van der Waals surface area contributed by atoms with Crippen LogP contribution in [0.3, 0.4) is 0 Å². The molecule has 1 aliphatic rings. The second kappa shape index (κ2) is 5.68. The van der Waals surface area contributed by atoms with E-state index in [9.17, 15) is 4.79 Å². The monoisotopic (exact) mass is 353 g/mol. The molecule has 0 saturated carbocycles. The van der Waals surface area contributed by atoms with Crippen molar-refractivity contribution < 1.29 is 9.53 Å². The second-order valence-corrected chi connectivity index (χ2v) is 6.13. The van der Waals surface area contributed by atoms with E-state index in [1.807, 2.05) is 32.0 Å². The molecule has 1 saturated heterocycles. The summed E-state index contributed by atoms with van der Waals surface area (Å²) in [6, 6.07) is 5.53. The van der Waals surface area contributed by atoms with Gasteiger partial charge in [0.25, 0.3) is 0 Å². The highest BCUT2D eigenvalue weighted by Crippen LogP contribution is 2.39. The third-order valence-electron chi connectivity index (χ3n) is 2.89. The minimum atomic E-state index is -0.395. The summed E-state index contributed by atoms with van der Waals surface area (Å²) < 4.78 is 5.92. The molecule has 6 heteroatoms. The van der Waals surface area contributed by atoms with Crippen LogP contribution in [0.25, 0.3) is 0 Å². The Labute approximate surface area is 126 Å². The molecule has 1 fully saturated rings. The molecule has 1 aromatic carbocycles. The van der Waals surface area contributed by atoms with E-state index in [2.05, 4.69) is 21.2 Å². The molecule has 0 spiro atoms. The number of rotatable bonds is 1. The number of ether oxygens (including phenoxy) is 1. The number of carbonyl (C=O) groups is 1. The van der Waals surface area contributed by atoms with E-state index in [1.165, 1.54) is 0 Å². The summed E-state index contributed by atoms with van der Waals surface area (Å²) in [5, 5.41) is 3.46. The SMILES string of the molecule is CC1(C)COC(=O)N[C@@H]1c1ccc(Br)cc1Cl.Cl. The molecular formula is C12H14BrCl2NO2. The first kappa shape index (κ1) is 15.6. The van der Waals surface area contributed by atoms with Crippen LogP contribution in [-0.4, -0.2) is 12.7 Å². The van der Waals surface area contributed by atoms with E-state index < -0.39 is 6.09 Å². The van der Waals surface area contributed by atoms with E-state index in [1.54, 1.807) is 0 Å². The quantitative estimate of drug-likeness (QED) is 0.814. The highest BCUT2D eigenvalue weighted by atomic mass is 79.9. The molecular weight excluding hydrogens is 341 g/mol. The summed E-state index contributed by atoms with van der Waals surface area (Å²) in [6.45, 7) is 4.46. The molecule has 1 N–H and O–H groups in total. The van der Waals surface area contributed by atoms with Gasteiger partial charge in [-0.1, -0.05) is 47.4 Å². The molecule has 1 amide bonds. The molecule has 0 aromatic heterocycles. The second-order valence-electron chi connectivity index (χ2n) is 4.81. The Bertz CT molecular complexity index is 465. The zero-order chi connectivity index (χ0) is 12.6. The molecule has 100 valence electrons. The highest BCUT2D eigenvalue weighted by Gasteiger charge is 2.38. The fourth-order valence-corrected chi connectivity index (χ4v) is 2.71. The van der Waals surface area contributed by atoms with Crippen molar-refractivity contribution >= 4 is 46.0 Å². The number of benzene rings is 1. The number of nitrogens with one attached hydrogen (secondary N) is 1. The highest BCUT2D eigenvalue weighted by molar-refractivity contribution is 9.10. The molecule has 0 unspecified atom stereocenters.